The highest BCUT2D eigenvalue weighted by molar-refractivity contribution is 5.79. The van der Waals surface area contributed by atoms with E-state index in [1.807, 2.05) is 0 Å². The second-order valence-electron chi connectivity index (χ2n) is 6.60. The summed E-state index contributed by atoms with van der Waals surface area (Å²) in [7, 11) is 1.65. The summed E-state index contributed by atoms with van der Waals surface area (Å²) < 4.78 is 5.42. The fourth-order valence-electron chi connectivity index (χ4n) is 2.02. The van der Waals surface area contributed by atoms with Crippen molar-refractivity contribution in [3.8, 4) is 0 Å². The first-order valence-corrected chi connectivity index (χ1v) is 6.91. The SMILES string of the molecule is COC1(CNC(=O)NC(C)(C)C(C)(C)C(=O)O)CCC1. The van der Waals surface area contributed by atoms with Crippen molar-refractivity contribution in [3.63, 3.8) is 0 Å². The molecule has 1 aliphatic carbocycles. The molecule has 0 spiro atoms. The molecule has 20 heavy (non-hydrogen) atoms. The highest BCUT2D eigenvalue weighted by Crippen LogP contribution is 2.34. The average Bonchev–Trinajstić information content (AvgIpc) is 2.27. The van der Waals surface area contributed by atoms with E-state index in [1.54, 1.807) is 34.8 Å². The van der Waals surface area contributed by atoms with Gasteiger partial charge in [-0.2, -0.15) is 0 Å². The van der Waals surface area contributed by atoms with E-state index in [9.17, 15) is 14.7 Å². The van der Waals surface area contributed by atoms with E-state index in [4.69, 9.17) is 4.74 Å². The first-order valence-electron chi connectivity index (χ1n) is 6.91. The molecular weight excluding hydrogens is 260 g/mol. The minimum Gasteiger partial charge on any atom is -0.481 e. The molecule has 6 heteroatoms. The monoisotopic (exact) mass is 286 g/mol. The summed E-state index contributed by atoms with van der Waals surface area (Å²) >= 11 is 0. The van der Waals surface area contributed by atoms with E-state index in [2.05, 4.69) is 10.6 Å². The van der Waals surface area contributed by atoms with Crippen LogP contribution in [0.3, 0.4) is 0 Å². The third-order valence-corrected chi connectivity index (χ3v) is 4.79. The number of carbonyl (C=O) groups excluding carboxylic acids is 1. The summed E-state index contributed by atoms with van der Waals surface area (Å²) in [6, 6.07) is -0.368. The van der Waals surface area contributed by atoms with Crippen molar-refractivity contribution in [3.05, 3.63) is 0 Å². The second-order valence-corrected chi connectivity index (χ2v) is 6.60. The van der Waals surface area contributed by atoms with E-state index in [0.717, 1.165) is 19.3 Å². The number of ether oxygens (including phenoxy) is 1. The van der Waals surface area contributed by atoms with Gasteiger partial charge in [0.15, 0.2) is 0 Å². The van der Waals surface area contributed by atoms with Crippen LogP contribution in [0.15, 0.2) is 0 Å². The molecule has 0 radical (unpaired) electrons. The summed E-state index contributed by atoms with van der Waals surface area (Å²) in [6.07, 6.45) is 2.98. The zero-order chi connectivity index (χ0) is 15.6. The second kappa shape index (κ2) is 5.60. The number of rotatable bonds is 6. The molecule has 6 nitrogen and oxygen atoms in total. The van der Waals surface area contributed by atoms with Gasteiger partial charge in [0, 0.05) is 13.7 Å². The highest BCUT2D eigenvalue weighted by Gasteiger charge is 2.45. The van der Waals surface area contributed by atoms with Crippen LogP contribution >= 0.6 is 0 Å². The zero-order valence-corrected chi connectivity index (χ0v) is 13.0. The summed E-state index contributed by atoms with van der Waals surface area (Å²) in [5.41, 5.74) is -2.19. The maximum atomic E-state index is 12.0. The molecule has 1 rings (SSSR count). The summed E-state index contributed by atoms with van der Waals surface area (Å²) in [5, 5.41) is 14.8. The predicted molar refractivity (Wildman–Crippen MR) is 75.6 cm³/mol. The van der Waals surface area contributed by atoms with Crippen LogP contribution in [0.4, 0.5) is 4.79 Å². The highest BCUT2D eigenvalue weighted by atomic mass is 16.5. The van der Waals surface area contributed by atoms with Gasteiger partial charge in [-0.25, -0.2) is 4.79 Å². The molecule has 0 aromatic heterocycles. The van der Waals surface area contributed by atoms with Gasteiger partial charge < -0.3 is 20.5 Å². The number of nitrogens with one attached hydrogen (secondary N) is 2. The number of methoxy groups -OCH3 is 1. The lowest BCUT2D eigenvalue weighted by Gasteiger charge is -2.42. The molecule has 0 bridgehead atoms. The summed E-state index contributed by atoms with van der Waals surface area (Å²) in [6.45, 7) is 7.04. The smallest absolute Gasteiger partial charge is 0.315 e. The molecule has 0 atom stereocenters. The predicted octanol–water partition coefficient (Wildman–Crippen LogP) is 1.74. The first kappa shape index (κ1) is 16.8. The Kier molecular flexibility index (Phi) is 4.69. The van der Waals surface area contributed by atoms with Crippen LogP contribution in [-0.2, 0) is 9.53 Å². The minimum absolute atomic E-state index is 0.246. The third-order valence-electron chi connectivity index (χ3n) is 4.79. The summed E-state index contributed by atoms with van der Waals surface area (Å²) in [5.74, 6) is -0.949. The number of carbonyl (C=O) groups is 2. The minimum atomic E-state index is -1.07. The molecule has 0 aliphatic heterocycles. The first-order chi connectivity index (χ1) is 9.06. The molecule has 0 aromatic carbocycles. The Morgan fingerprint density at radius 1 is 1.25 bits per heavy atom. The van der Waals surface area contributed by atoms with Crippen molar-refractivity contribution < 1.29 is 19.4 Å². The molecule has 116 valence electrons. The molecular formula is C14H26N2O4. The number of hydrogen-bond acceptors (Lipinski definition) is 3. The van der Waals surface area contributed by atoms with Crippen LogP contribution in [0.2, 0.25) is 0 Å². The average molecular weight is 286 g/mol. The van der Waals surface area contributed by atoms with Crippen LogP contribution in [0.25, 0.3) is 0 Å². The van der Waals surface area contributed by atoms with Gasteiger partial charge in [0.1, 0.15) is 0 Å². The van der Waals surface area contributed by atoms with Gasteiger partial charge >= 0.3 is 12.0 Å². The molecule has 3 N–H and O–H groups in total. The Balaban J connectivity index is 2.55. The molecule has 1 fully saturated rings. The molecule has 2 amide bonds. The Morgan fingerprint density at radius 3 is 2.15 bits per heavy atom. The summed E-state index contributed by atoms with van der Waals surface area (Å²) in [4.78, 5) is 23.2. The van der Waals surface area contributed by atoms with Crippen LogP contribution in [-0.4, -0.2) is 41.9 Å². The third kappa shape index (κ3) is 3.23. The van der Waals surface area contributed by atoms with Gasteiger partial charge in [-0.15, -0.1) is 0 Å². The van der Waals surface area contributed by atoms with Crippen LogP contribution in [0, 0.1) is 5.41 Å². The van der Waals surface area contributed by atoms with Gasteiger partial charge in [0.25, 0.3) is 0 Å². The maximum absolute atomic E-state index is 12.0. The molecule has 0 saturated heterocycles. The fourth-order valence-corrected chi connectivity index (χ4v) is 2.02. The van der Waals surface area contributed by atoms with E-state index in [1.165, 1.54) is 0 Å². The number of carboxylic acid groups (broad SMARTS) is 1. The van der Waals surface area contributed by atoms with Crippen LogP contribution in [0.5, 0.6) is 0 Å². The fraction of sp³-hybridized carbons (Fsp3) is 0.857. The molecule has 0 aromatic rings. The topological polar surface area (TPSA) is 87.7 Å². The van der Waals surface area contributed by atoms with Crippen LogP contribution in [0.1, 0.15) is 47.0 Å². The zero-order valence-electron chi connectivity index (χ0n) is 13.0. The maximum Gasteiger partial charge on any atom is 0.315 e. The quantitative estimate of drug-likeness (QED) is 0.694. The number of amides is 2. The lowest BCUT2D eigenvalue weighted by Crippen LogP contribution is -2.60. The Morgan fingerprint density at radius 2 is 1.80 bits per heavy atom. The van der Waals surface area contributed by atoms with Crippen molar-refractivity contribution in [1.82, 2.24) is 10.6 Å². The number of aliphatic carboxylic acids is 1. The van der Waals surface area contributed by atoms with E-state index in [-0.39, 0.29) is 11.6 Å². The van der Waals surface area contributed by atoms with Crippen molar-refractivity contribution in [2.45, 2.75) is 58.1 Å². The number of urea groups is 1. The molecule has 0 heterocycles. The van der Waals surface area contributed by atoms with Crippen molar-refractivity contribution in [2.75, 3.05) is 13.7 Å². The molecule has 0 unspecified atom stereocenters. The van der Waals surface area contributed by atoms with E-state index in [0.29, 0.717) is 6.54 Å². The standard InChI is InChI=1S/C14H26N2O4/c1-12(2,10(17)18)13(3,4)16-11(19)15-9-14(20-5)7-6-8-14/h6-9H2,1-5H3,(H,17,18)(H2,15,16,19). The molecule has 1 aliphatic rings. The molecule has 1 saturated carbocycles. The van der Waals surface area contributed by atoms with Gasteiger partial charge in [0.2, 0.25) is 0 Å². The van der Waals surface area contributed by atoms with Gasteiger partial charge in [-0.05, 0) is 47.0 Å². The lowest BCUT2D eigenvalue weighted by atomic mass is 9.74. The largest absolute Gasteiger partial charge is 0.481 e. The Hall–Kier alpha value is -1.30. The van der Waals surface area contributed by atoms with Gasteiger partial charge in [-0.1, -0.05) is 0 Å². The number of carboxylic acids is 1. The Bertz CT molecular complexity index is 381. The van der Waals surface area contributed by atoms with Crippen LogP contribution < -0.4 is 10.6 Å². The van der Waals surface area contributed by atoms with Gasteiger partial charge in [0.05, 0.1) is 16.6 Å². The van der Waals surface area contributed by atoms with Gasteiger partial charge in [-0.3, -0.25) is 4.79 Å². The van der Waals surface area contributed by atoms with Crippen molar-refractivity contribution >= 4 is 12.0 Å². The Labute approximate surface area is 120 Å². The van der Waals surface area contributed by atoms with E-state index < -0.39 is 16.9 Å². The van der Waals surface area contributed by atoms with E-state index >= 15 is 0 Å². The van der Waals surface area contributed by atoms with Crippen molar-refractivity contribution in [1.29, 1.82) is 0 Å². The normalized spacial score (nSPS) is 18.1. The number of hydrogen-bond donors (Lipinski definition) is 3. The van der Waals surface area contributed by atoms with Crippen molar-refractivity contribution in [2.24, 2.45) is 5.41 Å². The lowest BCUT2D eigenvalue weighted by molar-refractivity contribution is -0.150.